The van der Waals surface area contributed by atoms with E-state index < -0.39 is 4.92 Å². The second kappa shape index (κ2) is 6.87. The molecule has 0 saturated heterocycles. The van der Waals surface area contributed by atoms with Crippen molar-refractivity contribution in [3.8, 4) is 0 Å². The van der Waals surface area contributed by atoms with Crippen LogP contribution < -0.4 is 5.32 Å². The van der Waals surface area contributed by atoms with E-state index in [0.717, 1.165) is 22.3 Å². The molecule has 134 valence electrons. The Kier molecular flexibility index (Phi) is 4.25. The fraction of sp³-hybridized carbons (Fsp3) is 0.100. The highest BCUT2D eigenvalue weighted by atomic mass is 16.6. The Bertz CT molecular complexity index is 1090. The van der Waals surface area contributed by atoms with Crippen LogP contribution in [0.4, 0.5) is 11.4 Å². The fourth-order valence-electron chi connectivity index (χ4n) is 2.95. The lowest BCUT2D eigenvalue weighted by Crippen LogP contribution is -2.21. The highest BCUT2D eigenvalue weighted by Gasteiger charge is 2.19. The first-order valence-electron chi connectivity index (χ1n) is 8.49. The Morgan fingerprint density at radius 3 is 2.41 bits per heavy atom. The molecular weight excluding hydrogens is 342 g/mol. The lowest BCUT2D eigenvalue weighted by molar-refractivity contribution is -0.384. The summed E-state index contributed by atoms with van der Waals surface area (Å²) < 4.78 is 1.79. The van der Waals surface area contributed by atoms with Crippen LogP contribution in [0.5, 0.6) is 0 Å². The van der Waals surface area contributed by atoms with Gasteiger partial charge < -0.3 is 5.32 Å². The molecule has 7 nitrogen and oxygen atoms in total. The van der Waals surface area contributed by atoms with Crippen molar-refractivity contribution in [1.82, 2.24) is 15.0 Å². The van der Waals surface area contributed by atoms with E-state index in [-0.39, 0.29) is 11.9 Å². The smallest absolute Gasteiger partial charge is 0.269 e. The Labute approximate surface area is 155 Å². The molecule has 1 aromatic heterocycles. The van der Waals surface area contributed by atoms with Crippen LogP contribution in [0.2, 0.25) is 0 Å². The van der Waals surface area contributed by atoms with Gasteiger partial charge in [0.1, 0.15) is 11.7 Å². The normalized spacial score (nSPS) is 12.0. The zero-order valence-electron chi connectivity index (χ0n) is 14.6. The molecule has 0 saturated carbocycles. The van der Waals surface area contributed by atoms with Crippen LogP contribution in [-0.4, -0.2) is 19.9 Å². The number of para-hydroxylation sites is 1. The maximum Gasteiger partial charge on any atom is 0.269 e. The molecule has 0 aliphatic heterocycles. The number of hydrogen-bond donors (Lipinski definition) is 1. The van der Waals surface area contributed by atoms with E-state index in [1.54, 1.807) is 16.8 Å². The molecule has 4 aromatic rings. The predicted molar refractivity (Wildman–Crippen MR) is 104 cm³/mol. The summed E-state index contributed by atoms with van der Waals surface area (Å²) in [6.07, 6.45) is -0.360. The molecule has 0 radical (unpaired) electrons. The minimum atomic E-state index is -0.406. The summed E-state index contributed by atoms with van der Waals surface area (Å²) in [4.78, 5) is 10.6. The Morgan fingerprint density at radius 1 is 1.00 bits per heavy atom. The van der Waals surface area contributed by atoms with E-state index >= 15 is 0 Å². The van der Waals surface area contributed by atoms with Gasteiger partial charge in [0.2, 0.25) is 0 Å². The minimum absolute atomic E-state index is 0.0521. The number of benzene rings is 3. The van der Waals surface area contributed by atoms with Gasteiger partial charge in [-0.1, -0.05) is 35.0 Å². The Hall–Kier alpha value is -3.74. The van der Waals surface area contributed by atoms with Crippen molar-refractivity contribution >= 4 is 22.4 Å². The SMILES string of the molecule is Cc1ccc(NC(c2ccc([N+](=O)[O-])cc2)n2nnc3ccccc32)cc1. The van der Waals surface area contributed by atoms with Gasteiger partial charge in [-0.15, -0.1) is 5.10 Å². The van der Waals surface area contributed by atoms with Crippen LogP contribution in [-0.2, 0) is 0 Å². The summed E-state index contributed by atoms with van der Waals surface area (Å²) >= 11 is 0. The molecular formula is C20H17N5O2. The number of nitro groups is 1. The molecule has 0 amide bonds. The van der Waals surface area contributed by atoms with E-state index in [0.29, 0.717) is 0 Å². The third kappa shape index (κ3) is 3.35. The second-order valence-corrected chi connectivity index (χ2v) is 6.28. The first-order chi connectivity index (χ1) is 13.1. The third-order valence-electron chi connectivity index (χ3n) is 4.40. The maximum atomic E-state index is 11.0. The van der Waals surface area contributed by atoms with Gasteiger partial charge in [0.05, 0.1) is 10.4 Å². The molecule has 27 heavy (non-hydrogen) atoms. The summed E-state index contributed by atoms with van der Waals surface area (Å²) in [5, 5.41) is 23.0. The lowest BCUT2D eigenvalue weighted by Gasteiger charge is -2.21. The molecule has 7 heteroatoms. The van der Waals surface area contributed by atoms with Crippen molar-refractivity contribution in [3.05, 3.63) is 94.0 Å². The molecule has 1 unspecified atom stereocenters. The van der Waals surface area contributed by atoms with Crippen LogP contribution in [0.1, 0.15) is 17.3 Å². The fourth-order valence-corrected chi connectivity index (χ4v) is 2.95. The Morgan fingerprint density at radius 2 is 1.70 bits per heavy atom. The van der Waals surface area contributed by atoms with Crippen LogP contribution in [0.25, 0.3) is 11.0 Å². The number of anilines is 1. The van der Waals surface area contributed by atoms with Crippen molar-refractivity contribution < 1.29 is 4.92 Å². The van der Waals surface area contributed by atoms with Crippen LogP contribution in [0.3, 0.4) is 0 Å². The molecule has 0 aliphatic rings. The summed E-state index contributed by atoms with van der Waals surface area (Å²) in [5.41, 5.74) is 4.64. The lowest BCUT2D eigenvalue weighted by atomic mass is 10.1. The van der Waals surface area contributed by atoms with E-state index in [4.69, 9.17) is 0 Å². The van der Waals surface area contributed by atoms with Crippen molar-refractivity contribution in [3.63, 3.8) is 0 Å². The number of nitrogens with zero attached hydrogens (tertiary/aromatic N) is 4. The van der Waals surface area contributed by atoms with Crippen LogP contribution in [0.15, 0.2) is 72.8 Å². The number of rotatable bonds is 5. The van der Waals surface area contributed by atoms with Gasteiger partial charge in [0.15, 0.2) is 0 Å². The summed E-state index contributed by atoms with van der Waals surface area (Å²) in [7, 11) is 0. The van der Waals surface area contributed by atoms with Gasteiger partial charge in [0.25, 0.3) is 5.69 Å². The van der Waals surface area contributed by atoms with Crippen LogP contribution in [0, 0.1) is 17.0 Å². The second-order valence-electron chi connectivity index (χ2n) is 6.28. The van der Waals surface area contributed by atoms with Gasteiger partial charge in [0, 0.05) is 17.8 Å². The van der Waals surface area contributed by atoms with E-state index in [1.807, 2.05) is 55.5 Å². The molecule has 0 fully saturated rings. The molecule has 1 N–H and O–H groups in total. The van der Waals surface area contributed by atoms with Crippen LogP contribution >= 0.6 is 0 Å². The zero-order chi connectivity index (χ0) is 18.8. The molecule has 4 rings (SSSR count). The van der Waals surface area contributed by atoms with Gasteiger partial charge in [-0.3, -0.25) is 10.1 Å². The van der Waals surface area contributed by atoms with Gasteiger partial charge in [-0.2, -0.15) is 0 Å². The quantitative estimate of drug-likeness (QED) is 0.424. The zero-order valence-corrected chi connectivity index (χ0v) is 14.6. The van der Waals surface area contributed by atoms with Crippen molar-refractivity contribution in [2.75, 3.05) is 5.32 Å². The number of aromatic nitrogens is 3. The first-order valence-corrected chi connectivity index (χ1v) is 8.49. The highest BCUT2D eigenvalue weighted by molar-refractivity contribution is 5.74. The topological polar surface area (TPSA) is 85.9 Å². The van der Waals surface area contributed by atoms with E-state index in [1.165, 1.54) is 17.7 Å². The number of nitro benzene ring substituents is 1. The molecule has 0 bridgehead atoms. The van der Waals surface area contributed by atoms with Crippen molar-refractivity contribution in [2.45, 2.75) is 13.1 Å². The summed E-state index contributed by atoms with van der Waals surface area (Å²) in [5.74, 6) is 0. The molecule has 3 aromatic carbocycles. The van der Waals surface area contributed by atoms with E-state index in [2.05, 4.69) is 15.6 Å². The average molecular weight is 359 g/mol. The number of fused-ring (bicyclic) bond motifs is 1. The van der Waals surface area contributed by atoms with Gasteiger partial charge in [-0.25, -0.2) is 4.68 Å². The number of non-ortho nitro benzene ring substituents is 1. The number of nitrogens with one attached hydrogen (secondary N) is 1. The minimum Gasteiger partial charge on any atom is -0.360 e. The van der Waals surface area contributed by atoms with E-state index in [9.17, 15) is 10.1 Å². The first kappa shape index (κ1) is 16.7. The molecule has 1 atom stereocenters. The molecule has 1 heterocycles. The largest absolute Gasteiger partial charge is 0.360 e. The van der Waals surface area contributed by atoms with Crippen molar-refractivity contribution in [2.24, 2.45) is 0 Å². The predicted octanol–water partition coefficient (Wildman–Crippen LogP) is 4.31. The standard InChI is InChI=1S/C20H17N5O2/c1-14-6-10-16(11-7-14)21-20(15-8-12-17(13-9-15)25(26)27)24-19-5-3-2-4-18(19)22-23-24/h2-13,20-21H,1H3. The van der Waals surface area contributed by atoms with Gasteiger partial charge >= 0.3 is 0 Å². The number of aryl methyl sites for hydroxylation is 1. The molecule has 0 aliphatic carbocycles. The summed E-state index contributed by atoms with van der Waals surface area (Å²) in [6.45, 7) is 2.03. The summed E-state index contributed by atoms with van der Waals surface area (Å²) in [6, 6.07) is 22.2. The van der Waals surface area contributed by atoms with Gasteiger partial charge in [-0.05, 0) is 48.9 Å². The third-order valence-corrected chi connectivity index (χ3v) is 4.40. The Balaban J connectivity index is 1.79. The highest BCUT2D eigenvalue weighted by Crippen LogP contribution is 2.26. The number of hydrogen-bond acceptors (Lipinski definition) is 5. The maximum absolute atomic E-state index is 11.0. The average Bonchev–Trinajstić information content (AvgIpc) is 3.11. The van der Waals surface area contributed by atoms with Crippen molar-refractivity contribution in [1.29, 1.82) is 0 Å². The monoisotopic (exact) mass is 359 g/mol. The molecule has 0 spiro atoms.